The van der Waals surface area contributed by atoms with E-state index in [4.69, 9.17) is 0 Å². The maximum absolute atomic E-state index is 11.6. The Kier molecular flexibility index (Phi) is 4.52. The van der Waals surface area contributed by atoms with Crippen LogP contribution in [-0.2, 0) is 9.59 Å². The lowest BCUT2D eigenvalue weighted by atomic mass is 10.2. The molecule has 1 amide bonds. The summed E-state index contributed by atoms with van der Waals surface area (Å²) < 4.78 is 0. The molecule has 0 saturated heterocycles. The number of rotatable bonds is 5. The number of nitrogens with one attached hydrogen (secondary N) is 2. The van der Waals surface area contributed by atoms with Crippen LogP contribution in [0.2, 0.25) is 0 Å². The molecule has 0 aromatic carbocycles. The van der Waals surface area contributed by atoms with E-state index in [1.54, 1.807) is 13.0 Å². The van der Waals surface area contributed by atoms with Crippen LogP contribution in [0.4, 0.5) is 0 Å². The fourth-order valence-corrected chi connectivity index (χ4v) is 1.51. The summed E-state index contributed by atoms with van der Waals surface area (Å²) in [6.45, 7) is 6.59. The molecule has 90 valence electrons. The van der Waals surface area contributed by atoms with Crippen molar-refractivity contribution in [3.05, 3.63) is 11.8 Å². The molecule has 1 atom stereocenters. The quantitative estimate of drug-likeness (QED) is 0.732. The molecule has 16 heavy (non-hydrogen) atoms. The van der Waals surface area contributed by atoms with Gasteiger partial charge in [0.15, 0.2) is 5.78 Å². The summed E-state index contributed by atoms with van der Waals surface area (Å²) in [7, 11) is 0. The first kappa shape index (κ1) is 12.7. The highest BCUT2D eigenvalue weighted by Crippen LogP contribution is 2.12. The van der Waals surface area contributed by atoms with E-state index in [1.807, 2.05) is 0 Å². The summed E-state index contributed by atoms with van der Waals surface area (Å²) in [5.41, 5.74) is 0.872. The average Bonchev–Trinajstić information content (AvgIpc) is 2.60. The van der Waals surface area contributed by atoms with E-state index < -0.39 is 0 Å². The number of carbonyl (C=O) groups excluding carboxylic acids is 2. The van der Waals surface area contributed by atoms with Gasteiger partial charge in [-0.05, 0) is 19.3 Å². The van der Waals surface area contributed by atoms with Crippen molar-refractivity contribution < 1.29 is 9.59 Å². The van der Waals surface area contributed by atoms with E-state index >= 15 is 0 Å². The Morgan fingerprint density at radius 2 is 2.06 bits per heavy atom. The second kappa shape index (κ2) is 5.68. The predicted octanol–water partition coefficient (Wildman–Crippen LogP) is 0.983. The highest BCUT2D eigenvalue weighted by Gasteiger charge is 2.17. The second-order valence-electron chi connectivity index (χ2n) is 4.64. The Balaban J connectivity index is 2.34. The van der Waals surface area contributed by atoms with Crippen LogP contribution in [0.5, 0.6) is 0 Å². The van der Waals surface area contributed by atoms with Crippen LogP contribution in [0.25, 0.3) is 0 Å². The average molecular weight is 224 g/mol. The lowest BCUT2D eigenvalue weighted by Gasteiger charge is -2.16. The number of ketones is 1. The fraction of sp³-hybridized carbons (Fsp3) is 0.667. The monoisotopic (exact) mass is 224 g/mol. The van der Waals surface area contributed by atoms with Crippen molar-refractivity contribution in [2.45, 2.75) is 39.7 Å². The van der Waals surface area contributed by atoms with Gasteiger partial charge < -0.3 is 10.6 Å². The Hall–Kier alpha value is -1.32. The number of carbonyl (C=O) groups is 2. The van der Waals surface area contributed by atoms with Gasteiger partial charge in [0.1, 0.15) is 6.04 Å². The first-order valence-electron chi connectivity index (χ1n) is 5.76. The molecule has 0 aromatic rings. The number of hydrogen-bond donors (Lipinski definition) is 2. The Morgan fingerprint density at radius 3 is 2.56 bits per heavy atom. The predicted molar refractivity (Wildman–Crippen MR) is 62.8 cm³/mol. The van der Waals surface area contributed by atoms with Crippen LogP contribution in [0.15, 0.2) is 11.8 Å². The van der Waals surface area contributed by atoms with Gasteiger partial charge in [-0.1, -0.05) is 13.8 Å². The summed E-state index contributed by atoms with van der Waals surface area (Å²) in [5, 5.41) is 5.91. The highest BCUT2D eigenvalue weighted by atomic mass is 16.2. The van der Waals surface area contributed by atoms with Crippen LogP contribution in [0, 0.1) is 5.92 Å². The third kappa shape index (κ3) is 4.04. The lowest BCUT2D eigenvalue weighted by Crippen LogP contribution is -2.42. The van der Waals surface area contributed by atoms with Crippen LogP contribution in [0.3, 0.4) is 0 Å². The van der Waals surface area contributed by atoms with Crippen LogP contribution < -0.4 is 10.6 Å². The molecule has 0 fully saturated rings. The number of amides is 1. The van der Waals surface area contributed by atoms with Gasteiger partial charge in [0.2, 0.25) is 5.91 Å². The Morgan fingerprint density at radius 1 is 1.38 bits per heavy atom. The van der Waals surface area contributed by atoms with Crippen LogP contribution in [-0.4, -0.2) is 24.3 Å². The van der Waals surface area contributed by atoms with Crippen LogP contribution >= 0.6 is 0 Å². The SMILES string of the molecule is CC(C)CNC(=O)C(C)NC1=CC(=O)CC1. The highest BCUT2D eigenvalue weighted by molar-refractivity contribution is 5.93. The molecule has 0 bridgehead atoms. The molecule has 0 saturated carbocycles. The molecule has 2 N–H and O–H groups in total. The van der Waals surface area contributed by atoms with Gasteiger partial charge in [0.05, 0.1) is 0 Å². The molecule has 0 aromatic heterocycles. The van der Waals surface area contributed by atoms with Gasteiger partial charge in [-0.15, -0.1) is 0 Å². The third-order valence-electron chi connectivity index (χ3n) is 2.46. The molecule has 0 aliphatic heterocycles. The molecular weight excluding hydrogens is 204 g/mol. The van der Waals surface area contributed by atoms with E-state index in [2.05, 4.69) is 24.5 Å². The van der Waals surface area contributed by atoms with Crippen molar-refractivity contribution in [1.82, 2.24) is 10.6 Å². The van der Waals surface area contributed by atoms with Gasteiger partial charge in [0.25, 0.3) is 0 Å². The molecule has 0 heterocycles. The molecule has 1 unspecified atom stereocenters. The van der Waals surface area contributed by atoms with E-state index in [9.17, 15) is 9.59 Å². The maximum Gasteiger partial charge on any atom is 0.242 e. The molecule has 4 heteroatoms. The van der Waals surface area contributed by atoms with Crippen molar-refractivity contribution in [2.75, 3.05) is 6.54 Å². The molecular formula is C12H20N2O2. The molecule has 0 radical (unpaired) electrons. The molecule has 1 aliphatic carbocycles. The fourth-order valence-electron chi connectivity index (χ4n) is 1.51. The summed E-state index contributed by atoms with van der Waals surface area (Å²) in [6, 6.07) is -0.282. The Labute approximate surface area is 96.5 Å². The van der Waals surface area contributed by atoms with Crippen molar-refractivity contribution >= 4 is 11.7 Å². The smallest absolute Gasteiger partial charge is 0.242 e. The van der Waals surface area contributed by atoms with Gasteiger partial charge in [-0.2, -0.15) is 0 Å². The minimum atomic E-state index is -0.282. The number of hydrogen-bond acceptors (Lipinski definition) is 3. The van der Waals surface area contributed by atoms with E-state index in [0.29, 0.717) is 18.9 Å². The number of allylic oxidation sites excluding steroid dienone is 2. The zero-order chi connectivity index (χ0) is 12.1. The first-order valence-corrected chi connectivity index (χ1v) is 5.76. The molecule has 0 spiro atoms. The van der Waals surface area contributed by atoms with Crippen molar-refractivity contribution in [1.29, 1.82) is 0 Å². The molecule has 4 nitrogen and oxygen atoms in total. The first-order chi connectivity index (χ1) is 7.49. The van der Waals surface area contributed by atoms with Crippen molar-refractivity contribution in [3.8, 4) is 0 Å². The minimum Gasteiger partial charge on any atom is -0.377 e. The largest absolute Gasteiger partial charge is 0.377 e. The Bertz CT molecular complexity index is 308. The summed E-state index contributed by atoms with van der Waals surface area (Å²) in [4.78, 5) is 22.6. The second-order valence-corrected chi connectivity index (χ2v) is 4.64. The summed E-state index contributed by atoms with van der Waals surface area (Å²) >= 11 is 0. The van der Waals surface area contributed by atoms with E-state index in [1.165, 1.54) is 0 Å². The van der Waals surface area contributed by atoms with Crippen molar-refractivity contribution in [3.63, 3.8) is 0 Å². The van der Waals surface area contributed by atoms with Gasteiger partial charge in [0, 0.05) is 24.7 Å². The summed E-state index contributed by atoms with van der Waals surface area (Å²) in [5.74, 6) is 0.565. The zero-order valence-electron chi connectivity index (χ0n) is 10.2. The van der Waals surface area contributed by atoms with Gasteiger partial charge in [-0.25, -0.2) is 0 Å². The normalized spacial score (nSPS) is 17.2. The summed E-state index contributed by atoms with van der Waals surface area (Å²) in [6.07, 6.45) is 2.87. The third-order valence-corrected chi connectivity index (χ3v) is 2.46. The van der Waals surface area contributed by atoms with Gasteiger partial charge in [-0.3, -0.25) is 9.59 Å². The topological polar surface area (TPSA) is 58.2 Å². The van der Waals surface area contributed by atoms with Gasteiger partial charge >= 0.3 is 0 Å². The standard InChI is InChI=1S/C12H20N2O2/c1-8(2)7-13-12(16)9(3)14-10-4-5-11(15)6-10/h6,8-9,14H,4-5,7H2,1-3H3,(H,13,16). The maximum atomic E-state index is 11.6. The lowest BCUT2D eigenvalue weighted by molar-refractivity contribution is -0.122. The molecule has 1 aliphatic rings. The van der Waals surface area contributed by atoms with Crippen molar-refractivity contribution in [2.24, 2.45) is 5.92 Å². The molecule has 1 rings (SSSR count). The zero-order valence-corrected chi connectivity index (χ0v) is 10.2. The van der Waals surface area contributed by atoms with E-state index in [0.717, 1.165) is 12.1 Å². The minimum absolute atomic E-state index is 0.0195. The van der Waals surface area contributed by atoms with E-state index in [-0.39, 0.29) is 17.7 Å². The van der Waals surface area contributed by atoms with Crippen LogP contribution in [0.1, 0.15) is 33.6 Å².